The van der Waals surface area contributed by atoms with Crippen LogP contribution in [0.15, 0.2) is 60.7 Å². The number of likely N-dealkylation sites (tertiary alicyclic amines) is 1. The number of ketones is 1. The summed E-state index contributed by atoms with van der Waals surface area (Å²) in [6, 6.07) is 19.4. The standard InChI is InChI=1S/C38H41Cl2FN2O5/c39-28-11-15-32(34(40)22-28)33-6-3-5-26-21-27(35(44)23-36(45)42-48-37-7-1-2-20-46-37)10-14-31(26)38(33)25-8-12-29(13-9-25)47-30-16-19-43(24-30)18-4-17-41/h8-15,21-22,30,37H,1-7,16-20,23-24H2,(H,42,45)/t30-,37-/m0/s1. The first-order valence-electron chi connectivity index (χ1n) is 16.8. The molecule has 0 aromatic heterocycles. The Morgan fingerprint density at radius 2 is 1.79 bits per heavy atom. The molecule has 1 N–H and O–H groups in total. The lowest BCUT2D eigenvalue weighted by atomic mass is 9.87. The normalized spacial score (nSPS) is 19.9. The van der Waals surface area contributed by atoms with Crippen molar-refractivity contribution >= 4 is 46.0 Å². The molecule has 48 heavy (non-hydrogen) atoms. The van der Waals surface area contributed by atoms with Crippen molar-refractivity contribution in [3.8, 4) is 5.75 Å². The van der Waals surface area contributed by atoms with Crippen LogP contribution in [0.1, 0.15) is 84.0 Å². The van der Waals surface area contributed by atoms with Gasteiger partial charge in [0.2, 0.25) is 0 Å². The molecular weight excluding hydrogens is 654 g/mol. The summed E-state index contributed by atoms with van der Waals surface area (Å²) in [7, 11) is 0. The maximum atomic E-state index is 13.2. The van der Waals surface area contributed by atoms with Crippen LogP contribution in [0.3, 0.4) is 0 Å². The summed E-state index contributed by atoms with van der Waals surface area (Å²) >= 11 is 13.1. The number of hydrogen-bond acceptors (Lipinski definition) is 6. The van der Waals surface area contributed by atoms with Gasteiger partial charge in [0.1, 0.15) is 11.9 Å². The van der Waals surface area contributed by atoms with Crippen LogP contribution < -0.4 is 10.2 Å². The molecule has 2 aliphatic heterocycles. The first-order valence-corrected chi connectivity index (χ1v) is 17.6. The molecule has 1 aliphatic carbocycles. The van der Waals surface area contributed by atoms with Gasteiger partial charge in [-0.3, -0.25) is 18.9 Å². The number of Topliss-reactive ketones (excluding diaryl/α,β-unsaturated/α-hetero) is 1. The van der Waals surface area contributed by atoms with Gasteiger partial charge < -0.3 is 9.47 Å². The lowest BCUT2D eigenvalue weighted by Gasteiger charge is -2.22. The second-order valence-electron chi connectivity index (χ2n) is 12.6. The third-order valence-electron chi connectivity index (χ3n) is 9.17. The molecule has 1 amide bonds. The summed E-state index contributed by atoms with van der Waals surface area (Å²) in [4.78, 5) is 33.4. The Kier molecular flexibility index (Phi) is 11.8. The van der Waals surface area contributed by atoms with Crippen molar-refractivity contribution in [2.24, 2.45) is 0 Å². The fraction of sp³-hybridized carbons (Fsp3) is 0.421. The molecule has 0 spiro atoms. The fourth-order valence-corrected chi connectivity index (χ4v) is 7.31. The molecule has 2 saturated heterocycles. The molecule has 6 rings (SSSR count). The Bertz CT molecular complexity index is 1640. The molecule has 2 fully saturated rings. The van der Waals surface area contributed by atoms with E-state index in [2.05, 4.69) is 22.5 Å². The van der Waals surface area contributed by atoms with Gasteiger partial charge in [0.25, 0.3) is 5.91 Å². The Balaban J connectivity index is 1.25. The lowest BCUT2D eigenvalue weighted by Crippen LogP contribution is -2.34. The number of nitrogens with zero attached hydrogens (tertiary/aromatic N) is 1. The van der Waals surface area contributed by atoms with Crippen LogP contribution in [0.25, 0.3) is 11.1 Å². The number of hydroxylamine groups is 1. The zero-order valence-corrected chi connectivity index (χ0v) is 28.5. The largest absolute Gasteiger partial charge is 0.489 e. The van der Waals surface area contributed by atoms with E-state index in [4.69, 9.17) is 37.5 Å². The van der Waals surface area contributed by atoms with Gasteiger partial charge >= 0.3 is 0 Å². The van der Waals surface area contributed by atoms with Crippen molar-refractivity contribution in [2.45, 2.75) is 70.2 Å². The van der Waals surface area contributed by atoms with Gasteiger partial charge in [-0.25, -0.2) is 10.3 Å². The van der Waals surface area contributed by atoms with Crippen molar-refractivity contribution in [1.82, 2.24) is 10.4 Å². The van der Waals surface area contributed by atoms with Crippen molar-refractivity contribution in [3.63, 3.8) is 0 Å². The molecular formula is C38H41Cl2FN2O5. The first kappa shape index (κ1) is 34.6. The van der Waals surface area contributed by atoms with E-state index >= 15 is 0 Å². The van der Waals surface area contributed by atoms with Crippen LogP contribution in [0.2, 0.25) is 10.0 Å². The van der Waals surface area contributed by atoms with Crippen molar-refractivity contribution in [2.75, 3.05) is 32.9 Å². The Morgan fingerprint density at radius 1 is 0.958 bits per heavy atom. The summed E-state index contributed by atoms with van der Waals surface area (Å²) < 4.78 is 24.4. The van der Waals surface area contributed by atoms with Crippen LogP contribution in [0, 0.1) is 0 Å². The molecule has 2 atom stereocenters. The van der Waals surface area contributed by atoms with E-state index in [1.165, 1.54) is 0 Å². The van der Waals surface area contributed by atoms with Crippen molar-refractivity contribution < 1.29 is 28.3 Å². The topological polar surface area (TPSA) is 77.1 Å². The van der Waals surface area contributed by atoms with Crippen molar-refractivity contribution in [1.29, 1.82) is 0 Å². The zero-order valence-electron chi connectivity index (χ0n) is 27.0. The number of benzene rings is 3. The first-order chi connectivity index (χ1) is 23.4. The third kappa shape index (κ3) is 8.65. The van der Waals surface area contributed by atoms with Gasteiger partial charge in [-0.15, -0.1) is 0 Å². The minimum absolute atomic E-state index is 0.0712. The third-order valence-corrected chi connectivity index (χ3v) is 9.72. The average Bonchev–Trinajstić information content (AvgIpc) is 3.45. The average molecular weight is 696 g/mol. The number of hydrogen-bond donors (Lipinski definition) is 1. The molecule has 3 aromatic carbocycles. The van der Waals surface area contributed by atoms with E-state index in [0.717, 1.165) is 97.3 Å². The zero-order chi connectivity index (χ0) is 33.5. The van der Waals surface area contributed by atoms with Crippen LogP contribution in [0.4, 0.5) is 4.39 Å². The predicted molar refractivity (Wildman–Crippen MR) is 186 cm³/mol. The molecule has 10 heteroatoms. The van der Waals surface area contributed by atoms with E-state index < -0.39 is 12.2 Å². The minimum atomic E-state index is -0.503. The van der Waals surface area contributed by atoms with Crippen LogP contribution in [-0.4, -0.2) is 61.9 Å². The van der Waals surface area contributed by atoms with Crippen molar-refractivity contribution in [3.05, 3.63) is 98.5 Å². The number of nitrogens with one attached hydrogen (secondary N) is 1. The maximum Gasteiger partial charge on any atom is 0.251 e. The number of carbonyl (C=O) groups excluding carboxylic acids is 2. The molecule has 254 valence electrons. The quantitative estimate of drug-likeness (QED) is 0.117. The summed E-state index contributed by atoms with van der Waals surface area (Å²) in [5, 5.41) is 1.15. The number of aryl methyl sites for hydroxylation is 1. The molecule has 0 saturated carbocycles. The number of halogens is 3. The van der Waals surface area contributed by atoms with E-state index in [-0.39, 0.29) is 25.0 Å². The summed E-state index contributed by atoms with van der Waals surface area (Å²) in [6.07, 6.45) is 5.75. The van der Waals surface area contributed by atoms with Crippen LogP contribution >= 0.6 is 23.2 Å². The van der Waals surface area contributed by atoms with Gasteiger partial charge in [-0.2, -0.15) is 0 Å². The Hall–Kier alpha value is -3.27. The molecule has 0 unspecified atom stereocenters. The fourth-order valence-electron chi connectivity index (χ4n) is 6.79. The predicted octanol–water partition coefficient (Wildman–Crippen LogP) is 8.25. The second-order valence-corrected chi connectivity index (χ2v) is 13.5. The number of ether oxygens (including phenoxy) is 2. The highest BCUT2D eigenvalue weighted by molar-refractivity contribution is 6.36. The Labute approximate surface area is 291 Å². The van der Waals surface area contributed by atoms with E-state index in [9.17, 15) is 14.0 Å². The van der Waals surface area contributed by atoms with Gasteiger partial charge in [0.15, 0.2) is 12.1 Å². The van der Waals surface area contributed by atoms with E-state index in [0.29, 0.717) is 35.1 Å². The summed E-state index contributed by atoms with van der Waals surface area (Å²) in [5.41, 5.74) is 8.97. The second kappa shape index (κ2) is 16.4. The number of alkyl halides is 1. The molecule has 2 heterocycles. The van der Waals surface area contributed by atoms with Crippen LogP contribution in [0.5, 0.6) is 5.75 Å². The van der Waals surface area contributed by atoms with Gasteiger partial charge in [0.05, 0.1) is 13.1 Å². The van der Waals surface area contributed by atoms with E-state index in [1.807, 2.05) is 36.4 Å². The Morgan fingerprint density at radius 3 is 2.56 bits per heavy atom. The monoisotopic (exact) mass is 694 g/mol. The SMILES string of the molecule is O=C(CC(=O)c1ccc2c(c1)CCCC(c1ccc(Cl)cc1Cl)=C2c1ccc(O[C@H]2CCN(CCCF)C2)cc1)NO[C@H]1CCCCO1. The molecule has 0 bridgehead atoms. The maximum absolute atomic E-state index is 13.2. The van der Waals surface area contributed by atoms with Gasteiger partial charge in [-0.1, -0.05) is 53.5 Å². The highest BCUT2D eigenvalue weighted by Crippen LogP contribution is 2.43. The number of fused-ring (bicyclic) bond motifs is 1. The van der Waals surface area contributed by atoms with Gasteiger partial charge in [0, 0.05) is 48.3 Å². The minimum Gasteiger partial charge on any atom is -0.489 e. The number of carbonyl (C=O) groups is 2. The highest BCUT2D eigenvalue weighted by Gasteiger charge is 2.26. The lowest BCUT2D eigenvalue weighted by molar-refractivity contribution is -0.200. The smallest absolute Gasteiger partial charge is 0.251 e. The number of rotatable bonds is 12. The molecule has 3 aliphatic rings. The number of amides is 1. The van der Waals surface area contributed by atoms with E-state index in [1.54, 1.807) is 12.1 Å². The molecule has 7 nitrogen and oxygen atoms in total. The summed E-state index contributed by atoms with van der Waals surface area (Å²) in [6.45, 7) is 2.76. The van der Waals surface area contributed by atoms with Crippen LogP contribution in [-0.2, 0) is 20.8 Å². The summed E-state index contributed by atoms with van der Waals surface area (Å²) in [5.74, 6) is 0.00231. The van der Waals surface area contributed by atoms with Gasteiger partial charge in [-0.05, 0) is 109 Å². The molecule has 0 radical (unpaired) electrons. The molecule has 3 aromatic rings. The number of allylic oxidation sites excluding steroid dienone is 1. The highest BCUT2D eigenvalue weighted by atomic mass is 35.5.